The van der Waals surface area contributed by atoms with Crippen LogP contribution in [-0.4, -0.2) is 75.5 Å². The topological polar surface area (TPSA) is 68.3 Å². The minimum absolute atomic E-state index is 0.132. The third-order valence-electron chi connectivity index (χ3n) is 4.65. The number of methoxy groups -OCH3 is 2. The zero-order valence-corrected chi connectivity index (χ0v) is 16.3. The molecule has 7 nitrogen and oxygen atoms in total. The highest BCUT2D eigenvalue weighted by atomic mass is 32.2. The number of benzene rings is 1. The van der Waals surface area contributed by atoms with Crippen molar-refractivity contribution in [3.63, 3.8) is 0 Å². The molecule has 1 aromatic carbocycles. The van der Waals surface area contributed by atoms with E-state index in [0.717, 1.165) is 17.1 Å². The molecule has 2 atom stereocenters. The van der Waals surface area contributed by atoms with Crippen molar-refractivity contribution in [1.29, 1.82) is 0 Å². The zero-order valence-electron chi connectivity index (χ0n) is 14.7. The SMILES string of the molecule is COc1ccc(OC)c([C@H]2[C@@H](S(=O)(=O)N3CCSCC3)CON2C)c1. The van der Waals surface area contributed by atoms with Crippen LogP contribution in [0.25, 0.3) is 0 Å². The van der Waals surface area contributed by atoms with Crippen molar-refractivity contribution in [2.75, 3.05) is 52.5 Å². The van der Waals surface area contributed by atoms with E-state index in [1.165, 1.54) is 0 Å². The van der Waals surface area contributed by atoms with E-state index in [0.29, 0.717) is 24.6 Å². The highest BCUT2D eigenvalue weighted by Gasteiger charge is 2.47. The Kier molecular flexibility index (Phi) is 5.79. The number of hydrogen-bond donors (Lipinski definition) is 0. The van der Waals surface area contributed by atoms with Gasteiger partial charge in [0.2, 0.25) is 10.0 Å². The van der Waals surface area contributed by atoms with Gasteiger partial charge < -0.3 is 9.47 Å². The van der Waals surface area contributed by atoms with Gasteiger partial charge in [-0.25, -0.2) is 8.42 Å². The molecule has 2 aliphatic rings. The van der Waals surface area contributed by atoms with Crippen LogP contribution in [0.3, 0.4) is 0 Å². The van der Waals surface area contributed by atoms with Crippen molar-refractivity contribution in [1.82, 2.24) is 9.37 Å². The van der Waals surface area contributed by atoms with E-state index in [4.69, 9.17) is 14.3 Å². The van der Waals surface area contributed by atoms with Crippen LogP contribution in [0, 0.1) is 0 Å². The lowest BCUT2D eigenvalue weighted by atomic mass is 10.0. The number of hydrogen-bond acceptors (Lipinski definition) is 7. The molecule has 9 heteroatoms. The zero-order chi connectivity index (χ0) is 18.0. The third kappa shape index (κ3) is 3.61. The van der Waals surface area contributed by atoms with Crippen molar-refractivity contribution in [3.8, 4) is 11.5 Å². The summed E-state index contributed by atoms with van der Waals surface area (Å²) >= 11 is 1.78. The average Bonchev–Trinajstić information content (AvgIpc) is 3.04. The van der Waals surface area contributed by atoms with Crippen LogP contribution in [0.15, 0.2) is 18.2 Å². The van der Waals surface area contributed by atoms with Crippen LogP contribution < -0.4 is 9.47 Å². The van der Waals surface area contributed by atoms with Gasteiger partial charge in [-0.1, -0.05) is 0 Å². The Morgan fingerprint density at radius 1 is 1.20 bits per heavy atom. The molecular weight excluding hydrogens is 364 g/mol. The minimum Gasteiger partial charge on any atom is -0.497 e. The smallest absolute Gasteiger partial charge is 0.221 e. The molecule has 0 spiro atoms. The van der Waals surface area contributed by atoms with Crippen LogP contribution >= 0.6 is 11.8 Å². The number of nitrogens with zero attached hydrogens (tertiary/aromatic N) is 2. The molecule has 2 aliphatic heterocycles. The van der Waals surface area contributed by atoms with Crippen LogP contribution in [0.5, 0.6) is 11.5 Å². The van der Waals surface area contributed by atoms with E-state index in [1.807, 2.05) is 6.07 Å². The maximum atomic E-state index is 13.2. The summed E-state index contributed by atoms with van der Waals surface area (Å²) in [5, 5.41) is 0.930. The second-order valence-corrected chi connectivity index (χ2v) is 9.37. The molecule has 140 valence electrons. The van der Waals surface area contributed by atoms with Gasteiger partial charge >= 0.3 is 0 Å². The maximum absolute atomic E-state index is 13.2. The average molecular weight is 389 g/mol. The van der Waals surface area contributed by atoms with Gasteiger partial charge in [-0.2, -0.15) is 21.1 Å². The normalized spacial score (nSPS) is 25.9. The number of hydroxylamine groups is 2. The van der Waals surface area contributed by atoms with Crippen molar-refractivity contribution >= 4 is 21.8 Å². The van der Waals surface area contributed by atoms with Crippen LogP contribution in [0.4, 0.5) is 0 Å². The van der Waals surface area contributed by atoms with Crippen molar-refractivity contribution in [3.05, 3.63) is 23.8 Å². The van der Waals surface area contributed by atoms with E-state index in [-0.39, 0.29) is 6.61 Å². The van der Waals surface area contributed by atoms with Gasteiger partial charge in [-0.15, -0.1) is 0 Å². The molecule has 0 radical (unpaired) electrons. The number of ether oxygens (including phenoxy) is 2. The lowest BCUT2D eigenvalue weighted by molar-refractivity contribution is -0.110. The second kappa shape index (κ2) is 7.71. The number of rotatable bonds is 5. The fourth-order valence-electron chi connectivity index (χ4n) is 3.30. The number of thioether (sulfide) groups is 1. The highest BCUT2D eigenvalue weighted by Crippen LogP contribution is 2.40. The summed E-state index contributed by atoms with van der Waals surface area (Å²) in [7, 11) is 1.43. The van der Waals surface area contributed by atoms with E-state index in [1.54, 1.807) is 54.5 Å². The lowest BCUT2D eigenvalue weighted by Gasteiger charge is -2.31. The molecule has 0 amide bonds. The molecule has 0 saturated carbocycles. The molecule has 2 fully saturated rings. The Morgan fingerprint density at radius 3 is 2.56 bits per heavy atom. The molecule has 2 saturated heterocycles. The van der Waals surface area contributed by atoms with Gasteiger partial charge in [0.15, 0.2) is 0 Å². The monoisotopic (exact) mass is 388 g/mol. The maximum Gasteiger partial charge on any atom is 0.221 e. The summed E-state index contributed by atoms with van der Waals surface area (Å²) in [5.74, 6) is 2.94. The fourth-order valence-corrected chi connectivity index (χ4v) is 6.39. The summed E-state index contributed by atoms with van der Waals surface area (Å²) in [6.07, 6.45) is 0. The summed E-state index contributed by atoms with van der Waals surface area (Å²) in [6, 6.07) is 4.96. The van der Waals surface area contributed by atoms with Gasteiger partial charge in [-0.3, -0.25) is 4.84 Å². The molecule has 3 rings (SSSR count). The predicted octanol–water partition coefficient (Wildman–Crippen LogP) is 1.37. The molecule has 0 unspecified atom stereocenters. The summed E-state index contributed by atoms with van der Waals surface area (Å²) < 4.78 is 38.8. The standard InChI is InChI=1S/C16H24N2O5S2/c1-17-16(13-10-12(21-2)4-5-14(13)22-3)15(11-23-17)25(19,20)18-6-8-24-9-7-18/h4-5,10,15-16H,6-9,11H2,1-3H3/t15-,16-/m0/s1. The van der Waals surface area contributed by atoms with E-state index < -0.39 is 21.3 Å². The quantitative estimate of drug-likeness (QED) is 0.755. The molecule has 0 aliphatic carbocycles. The van der Waals surface area contributed by atoms with Gasteiger partial charge in [-0.05, 0) is 18.2 Å². The first-order valence-corrected chi connectivity index (χ1v) is 10.8. The minimum atomic E-state index is -3.48. The van der Waals surface area contributed by atoms with E-state index in [9.17, 15) is 8.42 Å². The Labute approximate surface area is 153 Å². The van der Waals surface area contributed by atoms with Gasteiger partial charge in [0, 0.05) is 37.2 Å². The van der Waals surface area contributed by atoms with Crippen LogP contribution in [-0.2, 0) is 14.9 Å². The Morgan fingerprint density at radius 2 is 1.92 bits per heavy atom. The van der Waals surface area contributed by atoms with Crippen molar-refractivity contribution < 1.29 is 22.7 Å². The molecule has 25 heavy (non-hydrogen) atoms. The summed E-state index contributed by atoms with van der Waals surface area (Å²) in [5.41, 5.74) is 0.752. The predicted molar refractivity (Wildman–Crippen MR) is 97.6 cm³/mol. The molecule has 1 aromatic rings. The van der Waals surface area contributed by atoms with Crippen molar-refractivity contribution in [2.24, 2.45) is 0 Å². The van der Waals surface area contributed by atoms with Gasteiger partial charge in [0.05, 0.1) is 26.9 Å². The second-order valence-electron chi connectivity index (χ2n) is 5.99. The van der Waals surface area contributed by atoms with Crippen LogP contribution in [0.2, 0.25) is 0 Å². The first-order chi connectivity index (χ1) is 12.0. The molecular formula is C16H24N2O5S2. The van der Waals surface area contributed by atoms with Gasteiger partial charge in [0.1, 0.15) is 16.7 Å². The highest BCUT2D eigenvalue weighted by molar-refractivity contribution is 7.99. The largest absolute Gasteiger partial charge is 0.497 e. The Bertz CT molecular complexity index is 706. The summed E-state index contributed by atoms with van der Waals surface area (Å²) in [4.78, 5) is 5.61. The molecule has 2 heterocycles. The lowest BCUT2D eigenvalue weighted by Crippen LogP contribution is -2.45. The number of sulfonamides is 1. The Hall–Kier alpha value is -1.00. The molecule has 0 bridgehead atoms. The first kappa shape index (κ1) is 18.8. The van der Waals surface area contributed by atoms with Crippen molar-refractivity contribution in [2.45, 2.75) is 11.3 Å². The molecule has 0 aromatic heterocycles. The Balaban J connectivity index is 1.99. The molecule has 0 N–H and O–H groups in total. The van der Waals surface area contributed by atoms with E-state index >= 15 is 0 Å². The van der Waals surface area contributed by atoms with E-state index in [2.05, 4.69) is 0 Å². The fraction of sp³-hybridized carbons (Fsp3) is 0.625. The third-order valence-corrected chi connectivity index (χ3v) is 7.84. The van der Waals surface area contributed by atoms with Crippen LogP contribution in [0.1, 0.15) is 11.6 Å². The first-order valence-electron chi connectivity index (χ1n) is 8.13. The van der Waals surface area contributed by atoms with Gasteiger partial charge in [0.25, 0.3) is 0 Å². The summed E-state index contributed by atoms with van der Waals surface area (Å²) in [6.45, 7) is 1.23.